The number of benzene rings is 1. The van der Waals surface area contributed by atoms with Crippen LogP contribution in [0.1, 0.15) is 10.5 Å². The van der Waals surface area contributed by atoms with Crippen LogP contribution in [0, 0.1) is 0 Å². The number of carbonyl (C=O) groups is 1. The minimum absolute atomic E-state index is 0.312. The highest BCUT2D eigenvalue weighted by Crippen LogP contribution is 2.19. The zero-order valence-electron chi connectivity index (χ0n) is 9.98. The molecule has 0 atom stereocenters. The molecule has 1 aromatic heterocycles. The highest BCUT2D eigenvalue weighted by molar-refractivity contribution is 6.34. The van der Waals surface area contributed by atoms with E-state index >= 15 is 0 Å². The van der Waals surface area contributed by atoms with Gasteiger partial charge in [-0.25, -0.2) is 0 Å². The van der Waals surface area contributed by atoms with Crippen molar-refractivity contribution in [2.45, 2.75) is 0 Å². The molecule has 94 valence electrons. The maximum absolute atomic E-state index is 12.0. The number of aromatic nitrogens is 2. The molecule has 0 saturated heterocycles. The molecule has 0 aliphatic rings. The van der Waals surface area contributed by atoms with Gasteiger partial charge in [0.05, 0.1) is 18.3 Å². The zero-order valence-corrected chi connectivity index (χ0v) is 10.7. The van der Waals surface area contributed by atoms with E-state index in [4.69, 9.17) is 16.3 Å². The van der Waals surface area contributed by atoms with Gasteiger partial charge in [-0.15, -0.1) is 0 Å². The van der Waals surface area contributed by atoms with E-state index in [-0.39, 0.29) is 5.91 Å². The van der Waals surface area contributed by atoms with Gasteiger partial charge in [-0.2, -0.15) is 5.10 Å². The summed E-state index contributed by atoms with van der Waals surface area (Å²) in [5.41, 5.74) is 0.955. The molecule has 1 heterocycles. The second-order valence-corrected chi connectivity index (χ2v) is 4.06. The number of methoxy groups -OCH3 is 1. The first-order valence-electron chi connectivity index (χ1n) is 5.24. The van der Waals surface area contributed by atoms with E-state index in [9.17, 15) is 4.79 Å². The molecule has 0 unspecified atom stereocenters. The van der Waals surface area contributed by atoms with Crippen molar-refractivity contribution in [1.29, 1.82) is 0 Å². The maximum atomic E-state index is 12.0. The first-order valence-corrected chi connectivity index (χ1v) is 5.62. The lowest BCUT2D eigenvalue weighted by molar-refractivity contribution is 0.101. The summed E-state index contributed by atoms with van der Waals surface area (Å²) < 4.78 is 6.51. The normalized spacial score (nSPS) is 10.2. The average molecular weight is 266 g/mol. The van der Waals surface area contributed by atoms with E-state index in [2.05, 4.69) is 10.4 Å². The Labute approximate surface area is 109 Å². The summed E-state index contributed by atoms with van der Waals surface area (Å²) in [7, 11) is 3.23. The Balaban J connectivity index is 2.21. The number of nitrogens with one attached hydrogen (secondary N) is 1. The number of nitrogens with zero attached hydrogens (tertiary/aromatic N) is 2. The Kier molecular flexibility index (Phi) is 3.53. The van der Waals surface area contributed by atoms with E-state index in [0.717, 1.165) is 0 Å². The van der Waals surface area contributed by atoms with Crippen LogP contribution < -0.4 is 10.1 Å². The molecule has 0 aliphatic carbocycles. The highest BCUT2D eigenvalue weighted by atomic mass is 35.5. The topological polar surface area (TPSA) is 56.1 Å². The number of rotatable bonds is 3. The van der Waals surface area contributed by atoms with Crippen molar-refractivity contribution in [3.63, 3.8) is 0 Å². The van der Waals surface area contributed by atoms with Crippen LogP contribution in [0.2, 0.25) is 5.02 Å². The van der Waals surface area contributed by atoms with E-state index in [1.807, 2.05) is 0 Å². The smallest absolute Gasteiger partial charge is 0.275 e. The lowest BCUT2D eigenvalue weighted by Gasteiger charge is -2.07. The summed E-state index contributed by atoms with van der Waals surface area (Å²) in [6, 6.07) is 7.08. The summed E-state index contributed by atoms with van der Waals surface area (Å²) in [5, 5.41) is 6.97. The highest BCUT2D eigenvalue weighted by Gasteiger charge is 2.15. The number of halogens is 1. The molecule has 1 N–H and O–H groups in total. The molecule has 6 heteroatoms. The minimum Gasteiger partial charge on any atom is -0.497 e. The van der Waals surface area contributed by atoms with Gasteiger partial charge in [0.25, 0.3) is 5.91 Å². The molecule has 1 aromatic carbocycles. The van der Waals surface area contributed by atoms with E-state index in [0.29, 0.717) is 22.2 Å². The number of hydrogen-bond acceptors (Lipinski definition) is 3. The average Bonchev–Trinajstić information content (AvgIpc) is 2.69. The molecule has 0 aliphatic heterocycles. The van der Waals surface area contributed by atoms with Crippen molar-refractivity contribution in [1.82, 2.24) is 9.78 Å². The third-order valence-corrected chi connectivity index (χ3v) is 2.71. The first-order chi connectivity index (χ1) is 8.61. The van der Waals surface area contributed by atoms with E-state index in [1.54, 1.807) is 38.4 Å². The van der Waals surface area contributed by atoms with Crippen molar-refractivity contribution >= 4 is 23.2 Å². The molecule has 18 heavy (non-hydrogen) atoms. The fourth-order valence-corrected chi connectivity index (χ4v) is 1.81. The zero-order chi connectivity index (χ0) is 13.1. The Morgan fingerprint density at radius 3 is 2.89 bits per heavy atom. The Morgan fingerprint density at radius 1 is 1.50 bits per heavy atom. The first kappa shape index (κ1) is 12.4. The molecule has 2 rings (SSSR count). The van der Waals surface area contributed by atoms with Crippen LogP contribution >= 0.6 is 11.6 Å². The number of aryl methyl sites for hydroxylation is 1. The van der Waals surface area contributed by atoms with Crippen molar-refractivity contribution in [2.24, 2.45) is 7.05 Å². The van der Waals surface area contributed by atoms with Crippen molar-refractivity contribution in [3.05, 3.63) is 41.2 Å². The number of hydrogen-bond donors (Lipinski definition) is 1. The molecule has 0 radical (unpaired) electrons. The minimum atomic E-state index is -0.312. The fraction of sp³-hybridized carbons (Fsp3) is 0.167. The van der Waals surface area contributed by atoms with E-state index < -0.39 is 0 Å². The lowest BCUT2D eigenvalue weighted by atomic mass is 10.3. The predicted octanol–water partition coefficient (Wildman–Crippen LogP) is 2.33. The molecule has 0 bridgehead atoms. The summed E-state index contributed by atoms with van der Waals surface area (Å²) in [5.74, 6) is 0.358. The van der Waals surface area contributed by atoms with Crippen LogP contribution in [0.5, 0.6) is 5.75 Å². The quantitative estimate of drug-likeness (QED) is 0.927. The summed E-state index contributed by atoms with van der Waals surface area (Å²) in [6.45, 7) is 0. The van der Waals surface area contributed by atoms with Gasteiger partial charge >= 0.3 is 0 Å². The largest absolute Gasteiger partial charge is 0.497 e. The van der Waals surface area contributed by atoms with Crippen LogP contribution in [0.15, 0.2) is 30.5 Å². The number of amides is 1. The summed E-state index contributed by atoms with van der Waals surface area (Å²) >= 11 is 5.90. The van der Waals surface area contributed by atoms with Gasteiger partial charge < -0.3 is 10.1 Å². The standard InChI is InChI=1S/C12H12ClN3O2/c1-16-11(10(13)7-14-16)12(17)15-8-4-3-5-9(6-8)18-2/h3-7H,1-2H3,(H,15,17). The molecular formula is C12H12ClN3O2. The third kappa shape index (κ3) is 2.46. The van der Waals surface area contributed by atoms with Gasteiger partial charge in [0.2, 0.25) is 0 Å². The summed E-state index contributed by atoms with van der Waals surface area (Å²) in [4.78, 5) is 12.0. The lowest BCUT2D eigenvalue weighted by Crippen LogP contribution is -2.16. The maximum Gasteiger partial charge on any atom is 0.275 e. The number of carbonyl (C=O) groups excluding carboxylic acids is 1. The Hall–Kier alpha value is -2.01. The van der Waals surface area contributed by atoms with Gasteiger partial charge in [-0.05, 0) is 12.1 Å². The van der Waals surface area contributed by atoms with Crippen LogP contribution in [0.4, 0.5) is 5.69 Å². The second-order valence-electron chi connectivity index (χ2n) is 3.65. The van der Waals surface area contributed by atoms with Crippen LogP contribution in [0.3, 0.4) is 0 Å². The van der Waals surface area contributed by atoms with Gasteiger partial charge in [0.15, 0.2) is 0 Å². The summed E-state index contributed by atoms with van der Waals surface area (Å²) in [6.07, 6.45) is 1.43. The molecule has 0 saturated carbocycles. The number of ether oxygens (including phenoxy) is 1. The van der Waals surface area contributed by atoms with Crippen LogP contribution in [-0.2, 0) is 7.05 Å². The molecule has 0 fully saturated rings. The predicted molar refractivity (Wildman–Crippen MR) is 69.2 cm³/mol. The van der Waals surface area contributed by atoms with Crippen LogP contribution in [-0.4, -0.2) is 22.8 Å². The third-order valence-electron chi connectivity index (χ3n) is 2.44. The van der Waals surface area contributed by atoms with Gasteiger partial charge in [-0.3, -0.25) is 9.48 Å². The molecule has 2 aromatic rings. The van der Waals surface area contributed by atoms with Crippen molar-refractivity contribution in [3.8, 4) is 5.75 Å². The van der Waals surface area contributed by atoms with Gasteiger partial charge in [0, 0.05) is 18.8 Å². The SMILES string of the molecule is COc1cccc(NC(=O)c2c(Cl)cnn2C)c1. The number of anilines is 1. The second kappa shape index (κ2) is 5.10. The van der Waals surface area contributed by atoms with Gasteiger partial charge in [0.1, 0.15) is 11.4 Å². The monoisotopic (exact) mass is 265 g/mol. The molecule has 5 nitrogen and oxygen atoms in total. The van der Waals surface area contributed by atoms with Crippen LogP contribution in [0.25, 0.3) is 0 Å². The van der Waals surface area contributed by atoms with E-state index in [1.165, 1.54) is 10.9 Å². The molecule has 1 amide bonds. The van der Waals surface area contributed by atoms with Gasteiger partial charge in [-0.1, -0.05) is 17.7 Å². The Bertz CT molecular complexity index is 561. The molecular weight excluding hydrogens is 254 g/mol. The van der Waals surface area contributed by atoms with Crippen molar-refractivity contribution < 1.29 is 9.53 Å². The van der Waals surface area contributed by atoms with Crippen molar-refractivity contribution in [2.75, 3.05) is 12.4 Å². The Morgan fingerprint density at radius 2 is 2.28 bits per heavy atom. The fourth-order valence-electron chi connectivity index (χ4n) is 1.56. The molecule has 0 spiro atoms.